The predicted octanol–water partition coefficient (Wildman–Crippen LogP) is 4.23. The van der Waals surface area contributed by atoms with Crippen molar-refractivity contribution in [3.63, 3.8) is 0 Å². The Morgan fingerprint density at radius 1 is 1.21 bits per heavy atom. The molecule has 1 saturated heterocycles. The number of hydrogen-bond acceptors (Lipinski definition) is 3. The van der Waals surface area contributed by atoms with Crippen molar-refractivity contribution in [1.29, 1.82) is 0 Å². The highest BCUT2D eigenvalue weighted by atomic mass is 32.1. The van der Waals surface area contributed by atoms with Gasteiger partial charge in [0, 0.05) is 35.7 Å². The highest BCUT2D eigenvalue weighted by molar-refractivity contribution is 7.10. The molecule has 0 radical (unpaired) electrons. The lowest BCUT2D eigenvalue weighted by atomic mass is 9.78. The Labute approximate surface area is 147 Å². The molecule has 0 spiro atoms. The number of anilines is 1. The quantitative estimate of drug-likeness (QED) is 0.872. The standard InChI is InChI=1S/C19H24N2O2S/c1-14-10-15(2)12-16(11-14)21-18(22)20-13-19(5-7-23-8-6-19)17-4-3-9-24-17/h3-4,9-12H,5-8,13H2,1-2H3,(H2,20,21,22). The second-order valence-corrected chi connectivity index (χ2v) is 7.50. The highest BCUT2D eigenvalue weighted by Gasteiger charge is 2.35. The number of carbonyl (C=O) groups is 1. The van der Waals surface area contributed by atoms with Gasteiger partial charge in [0.1, 0.15) is 0 Å². The van der Waals surface area contributed by atoms with E-state index in [1.54, 1.807) is 11.3 Å². The van der Waals surface area contributed by atoms with E-state index in [-0.39, 0.29) is 11.4 Å². The molecule has 0 atom stereocenters. The van der Waals surface area contributed by atoms with E-state index >= 15 is 0 Å². The first kappa shape index (κ1) is 17.0. The fraction of sp³-hybridized carbons (Fsp3) is 0.421. The molecule has 0 aliphatic carbocycles. The van der Waals surface area contributed by atoms with Crippen molar-refractivity contribution < 1.29 is 9.53 Å². The van der Waals surface area contributed by atoms with E-state index in [0.717, 1.165) is 42.9 Å². The number of hydrogen-bond donors (Lipinski definition) is 2. The highest BCUT2D eigenvalue weighted by Crippen LogP contribution is 2.36. The van der Waals surface area contributed by atoms with Crippen molar-refractivity contribution in [3.8, 4) is 0 Å². The second-order valence-electron chi connectivity index (χ2n) is 6.55. The van der Waals surface area contributed by atoms with Crippen molar-refractivity contribution in [2.75, 3.05) is 25.1 Å². The zero-order chi connectivity index (χ0) is 17.0. The van der Waals surface area contributed by atoms with Gasteiger partial charge in [-0.1, -0.05) is 12.1 Å². The van der Waals surface area contributed by atoms with Gasteiger partial charge in [-0.15, -0.1) is 11.3 Å². The molecule has 2 aromatic rings. The van der Waals surface area contributed by atoms with Crippen LogP contribution in [0, 0.1) is 13.8 Å². The summed E-state index contributed by atoms with van der Waals surface area (Å²) >= 11 is 1.76. The second kappa shape index (κ2) is 7.36. The molecule has 2 N–H and O–H groups in total. The van der Waals surface area contributed by atoms with E-state index < -0.39 is 0 Å². The number of carbonyl (C=O) groups excluding carboxylic acids is 1. The molecule has 128 valence electrons. The Morgan fingerprint density at radius 2 is 1.92 bits per heavy atom. The lowest BCUT2D eigenvalue weighted by molar-refractivity contribution is 0.0521. The van der Waals surface area contributed by atoms with Crippen molar-refractivity contribution in [2.24, 2.45) is 0 Å². The fourth-order valence-electron chi connectivity index (χ4n) is 3.32. The fourth-order valence-corrected chi connectivity index (χ4v) is 4.31. The summed E-state index contributed by atoms with van der Waals surface area (Å²) in [6.45, 7) is 6.19. The summed E-state index contributed by atoms with van der Waals surface area (Å²) in [6.07, 6.45) is 1.88. The van der Waals surface area contributed by atoms with Crippen LogP contribution in [0.3, 0.4) is 0 Å². The minimum Gasteiger partial charge on any atom is -0.381 e. The Bertz CT molecular complexity index is 671. The van der Waals surface area contributed by atoms with Gasteiger partial charge in [-0.25, -0.2) is 4.79 Å². The molecule has 4 nitrogen and oxygen atoms in total. The van der Waals surface area contributed by atoms with Crippen LogP contribution in [0.4, 0.5) is 10.5 Å². The van der Waals surface area contributed by atoms with Gasteiger partial charge in [0.05, 0.1) is 0 Å². The zero-order valence-corrected chi connectivity index (χ0v) is 15.0. The van der Waals surface area contributed by atoms with Crippen LogP contribution in [-0.4, -0.2) is 25.8 Å². The maximum atomic E-state index is 12.3. The summed E-state index contributed by atoms with van der Waals surface area (Å²) in [6, 6.07) is 10.2. The first-order chi connectivity index (χ1) is 11.6. The van der Waals surface area contributed by atoms with Crippen molar-refractivity contribution in [1.82, 2.24) is 5.32 Å². The Morgan fingerprint density at radius 3 is 2.54 bits per heavy atom. The SMILES string of the molecule is Cc1cc(C)cc(NC(=O)NCC2(c3cccs3)CCOCC2)c1. The molecule has 0 unspecified atom stereocenters. The van der Waals surface area contributed by atoms with Gasteiger partial charge in [0.15, 0.2) is 0 Å². The van der Waals surface area contributed by atoms with Gasteiger partial charge in [-0.3, -0.25) is 0 Å². The van der Waals surface area contributed by atoms with E-state index in [1.165, 1.54) is 4.88 Å². The van der Waals surface area contributed by atoms with Crippen LogP contribution in [0.1, 0.15) is 28.8 Å². The molecule has 5 heteroatoms. The average molecular weight is 344 g/mol. The third-order valence-electron chi connectivity index (χ3n) is 4.56. The number of amides is 2. The molecule has 0 saturated carbocycles. The molecular weight excluding hydrogens is 320 g/mol. The molecule has 1 fully saturated rings. The number of ether oxygens (including phenoxy) is 1. The number of thiophene rings is 1. The summed E-state index contributed by atoms with van der Waals surface area (Å²) in [5.41, 5.74) is 3.11. The summed E-state index contributed by atoms with van der Waals surface area (Å²) in [5.74, 6) is 0. The maximum Gasteiger partial charge on any atom is 0.319 e. The van der Waals surface area contributed by atoms with E-state index in [0.29, 0.717) is 6.54 Å². The molecule has 0 bridgehead atoms. The van der Waals surface area contributed by atoms with Crippen LogP contribution in [-0.2, 0) is 10.2 Å². The number of rotatable bonds is 4. The van der Waals surface area contributed by atoms with Crippen LogP contribution in [0.25, 0.3) is 0 Å². The number of urea groups is 1. The summed E-state index contributed by atoms with van der Waals surface area (Å²) in [4.78, 5) is 13.7. The van der Waals surface area contributed by atoms with Gasteiger partial charge in [-0.2, -0.15) is 0 Å². The van der Waals surface area contributed by atoms with Crippen molar-refractivity contribution in [2.45, 2.75) is 32.1 Å². The first-order valence-corrected chi connectivity index (χ1v) is 9.20. The van der Waals surface area contributed by atoms with Crippen molar-refractivity contribution in [3.05, 3.63) is 51.7 Å². The number of nitrogens with one attached hydrogen (secondary N) is 2. The summed E-state index contributed by atoms with van der Waals surface area (Å²) in [7, 11) is 0. The van der Waals surface area contributed by atoms with Crippen LogP contribution < -0.4 is 10.6 Å². The molecule has 2 heterocycles. The Hall–Kier alpha value is -1.85. The minimum atomic E-state index is -0.151. The van der Waals surface area contributed by atoms with E-state index in [1.807, 2.05) is 26.0 Å². The number of aryl methyl sites for hydroxylation is 2. The normalized spacial score (nSPS) is 16.6. The maximum absolute atomic E-state index is 12.3. The van der Waals surface area contributed by atoms with Gasteiger partial charge in [0.25, 0.3) is 0 Å². The third kappa shape index (κ3) is 3.97. The molecule has 2 amide bonds. The van der Waals surface area contributed by atoms with Crippen LogP contribution in [0.5, 0.6) is 0 Å². The minimum absolute atomic E-state index is 0.00766. The third-order valence-corrected chi connectivity index (χ3v) is 5.68. The monoisotopic (exact) mass is 344 g/mol. The average Bonchev–Trinajstić information content (AvgIpc) is 3.08. The smallest absolute Gasteiger partial charge is 0.319 e. The van der Waals surface area contributed by atoms with E-state index in [4.69, 9.17) is 4.74 Å². The van der Waals surface area contributed by atoms with Crippen LogP contribution >= 0.6 is 11.3 Å². The van der Waals surface area contributed by atoms with Gasteiger partial charge >= 0.3 is 6.03 Å². The van der Waals surface area contributed by atoms with E-state index in [2.05, 4.69) is 34.2 Å². The summed E-state index contributed by atoms with van der Waals surface area (Å²) in [5, 5.41) is 8.12. The molecular formula is C19H24N2O2S. The van der Waals surface area contributed by atoms with Gasteiger partial charge in [-0.05, 0) is 61.4 Å². The zero-order valence-electron chi connectivity index (χ0n) is 14.2. The largest absolute Gasteiger partial charge is 0.381 e. The summed E-state index contributed by atoms with van der Waals surface area (Å²) < 4.78 is 5.53. The lowest BCUT2D eigenvalue weighted by Crippen LogP contribution is -2.45. The van der Waals surface area contributed by atoms with Gasteiger partial charge < -0.3 is 15.4 Å². The molecule has 24 heavy (non-hydrogen) atoms. The molecule has 1 aliphatic rings. The molecule has 1 aromatic heterocycles. The molecule has 3 rings (SSSR count). The first-order valence-electron chi connectivity index (χ1n) is 8.32. The topological polar surface area (TPSA) is 50.4 Å². The number of benzene rings is 1. The Kier molecular flexibility index (Phi) is 5.21. The molecule has 1 aliphatic heterocycles. The van der Waals surface area contributed by atoms with Crippen molar-refractivity contribution >= 4 is 23.1 Å². The van der Waals surface area contributed by atoms with Gasteiger partial charge in [0.2, 0.25) is 0 Å². The Balaban J connectivity index is 1.65. The van der Waals surface area contributed by atoms with Crippen LogP contribution in [0.15, 0.2) is 35.7 Å². The van der Waals surface area contributed by atoms with Crippen LogP contribution in [0.2, 0.25) is 0 Å². The molecule has 1 aromatic carbocycles. The van der Waals surface area contributed by atoms with E-state index in [9.17, 15) is 4.79 Å². The lowest BCUT2D eigenvalue weighted by Gasteiger charge is -2.36. The predicted molar refractivity (Wildman–Crippen MR) is 99.0 cm³/mol.